The van der Waals surface area contributed by atoms with Gasteiger partial charge in [0.15, 0.2) is 0 Å². The van der Waals surface area contributed by atoms with Crippen molar-refractivity contribution < 1.29 is 0 Å². The van der Waals surface area contributed by atoms with Gasteiger partial charge < -0.3 is 5.32 Å². The van der Waals surface area contributed by atoms with Crippen LogP contribution in [0.25, 0.3) is 0 Å². The standard InChI is InChI=1S/C16H22N2/c1-3-11-18(4-2)13-15-8-6-5-7-14(15)12-17-16-9-10-16/h1,5-8,16-17H,4,9-13H2,2H3. The summed E-state index contributed by atoms with van der Waals surface area (Å²) in [4.78, 5) is 2.29. The van der Waals surface area contributed by atoms with Crippen LogP contribution in [0.2, 0.25) is 0 Å². The molecule has 1 saturated carbocycles. The predicted octanol–water partition coefficient (Wildman–Crippen LogP) is 2.39. The highest BCUT2D eigenvalue weighted by Gasteiger charge is 2.20. The minimum Gasteiger partial charge on any atom is -0.310 e. The molecule has 0 heterocycles. The van der Waals surface area contributed by atoms with Crippen LogP contribution in [0.4, 0.5) is 0 Å². The van der Waals surface area contributed by atoms with Crippen molar-refractivity contribution in [1.29, 1.82) is 0 Å². The summed E-state index contributed by atoms with van der Waals surface area (Å²) < 4.78 is 0. The zero-order valence-corrected chi connectivity index (χ0v) is 11.2. The van der Waals surface area contributed by atoms with E-state index in [1.54, 1.807) is 0 Å². The maximum Gasteiger partial charge on any atom is 0.0601 e. The molecule has 0 unspecified atom stereocenters. The monoisotopic (exact) mass is 242 g/mol. The number of terminal acetylenes is 1. The quantitative estimate of drug-likeness (QED) is 0.739. The van der Waals surface area contributed by atoms with Gasteiger partial charge in [-0.1, -0.05) is 37.1 Å². The number of rotatable bonds is 7. The second kappa shape index (κ2) is 6.58. The normalized spacial score (nSPS) is 14.7. The van der Waals surface area contributed by atoms with Gasteiger partial charge in [-0.25, -0.2) is 0 Å². The fourth-order valence-electron chi connectivity index (χ4n) is 2.08. The molecule has 0 aliphatic heterocycles. The van der Waals surface area contributed by atoms with Crippen molar-refractivity contribution in [1.82, 2.24) is 10.2 Å². The third-order valence-electron chi connectivity index (χ3n) is 3.43. The van der Waals surface area contributed by atoms with Crippen LogP contribution in [0.3, 0.4) is 0 Å². The SMILES string of the molecule is C#CCN(CC)Cc1ccccc1CNC1CC1. The molecule has 0 saturated heterocycles. The van der Waals surface area contributed by atoms with Crippen LogP contribution in [0.1, 0.15) is 30.9 Å². The predicted molar refractivity (Wildman–Crippen MR) is 76.1 cm³/mol. The molecule has 1 N–H and O–H groups in total. The molecule has 0 aromatic heterocycles. The Balaban J connectivity index is 1.98. The summed E-state index contributed by atoms with van der Waals surface area (Å²) in [7, 11) is 0. The molecular formula is C16H22N2. The van der Waals surface area contributed by atoms with Crippen molar-refractivity contribution in [2.75, 3.05) is 13.1 Å². The molecule has 1 aromatic carbocycles. The highest BCUT2D eigenvalue weighted by Crippen LogP contribution is 2.20. The second-order valence-corrected chi connectivity index (χ2v) is 4.93. The molecule has 1 fully saturated rings. The third kappa shape index (κ3) is 3.87. The number of hydrogen-bond acceptors (Lipinski definition) is 2. The molecular weight excluding hydrogens is 220 g/mol. The van der Waals surface area contributed by atoms with Gasteiger partial charge in [-0.15, -0.1) is 6.42 Å². The van der Waals surface area contributed by atoms with E-state index >= 15 is 0 Å². The van der Waals surface area contributed by atoms with Crippen molar-refractivity contribution >= 4 is 0 Å². The van der Waals surface area contributed by atoms with Gasteiger partial charge in [0.1, 0.15) is 0 Å². The molecule has 18 heavy (non-hydrogen) atoms. The van der Waals surface area contributed by atoms with Gasteiger partial charge >= 0.3 is 0 Å². The van der Waals surface area contributed by atoms with Crippen LogP contribution in [0.5, 0.6) is 0 Å². The lowest BCUT2D eigenvalue weighted by Gasteiger charge is -2.19. The molecule has 0 amide bonds. The van der Waals surface area contributed by atoms with Crippen molar-refractivity contribution in [2.24, 2.45) is 0 Å². The summed E-state index contributed by atoms with van der Waals surface area (Å²) in [5, 5.41) is 3.58. The molecule has 0 radical (unpaired) electrons. The first kappa shape index (κ1) is 13.1. The summed E-state index contributed by atoms with van der Waals surface area (Å²) in [6.07, 6.45) is 8.07. The van der Waals surface area contributed by atoms with Gasteiger partial charge in [-0.3, -0.25) is 4.90 Å². The van der Waals surface area contributed by atoms with Gasteiger partial charge in [-0.05, 0) is 30.5 Å². The fourth-order valence-corrected chi connectivity index (χ4v) is 2.08. The smallest absolute Gasteiger partial charge is 0.0601 e. The van der Waals surface area contributed by atoms with E-state index in [1.165, 1.54) is 24.0 Å². The number of nitrogens with zero attached hydrogens (tertiary/aromatic N) is 1. The molecule has 1 aliphatic rings. The highest BCUT2D eigenvalue weighted by atomic mass is 15.1. The number of nitrogens with one attached hydrogen (secondary N) is 1. The van der Waals surface area contributed by atoms with E-state index in [1.807, 2.05) is 0 Å². The van der Waals surface area contributed by atoms with E-state index < -0.39 is 0 Å². The summed E-state index contributed by atoms with van der Waals surface area (Å²) in [5.41, 5.74) is 2.79. The Hall–Kier alpha value is -1.30. The van der Waals surface area contributed by atoms with Crippen LogP contribution < -0.4 is 5.32 Å². The lowest BCUT2D eigenvalue weighted by Crippen LogP contribution is -2.24. The van der Waals surface area contributed by atoms with Crippen molar-refractivity contribution in [3.05, 3.63) is 35.4 Å². The van der Waals surface area contributed by atoms with Gasteiger partial charge in [-0.2, -0.15) is 0 Å². The zero-order valence-electron chi connectivity index (χ0n) is 11.2. The topological polar surface area (TPSA) is 15.3 Å². The molecule has 1 aromatic rings. The van der Waals surface area contributed by atoms with E-state index in [0.29, 0.717) is 0 Å². The number of hydrogen-bond donors (Lipinski definition) is 1. The minimum atomic E-state index is 0.723. The molecule has 0 bridgehead atoms. The van der Waals surface area contributed by atoms with Crippen LogP contribution in [-0.4, -0.2) is 24.0 Å². The van der Waals surface area contributed by atoms with Gasteiger partial charge in [0.25, 0.3) is 0 Å². The number of benzene rings is 1. The maximum atomic E-state index is 5.40. The molecule has 2 heteroatoms. The van der Waals surface area contributed by atoms with Crippen LogP contribution in [0.15, 0.2) is 24.3 Å². The second-order valence-electron chi connectivity index (χ2n) is 4.93. The Bertz CT molecular complexity index is 415. The molecule has 0 spiro atoms. The molecule has 96 valence electrons. The van der Waals surface area contributed by atoms with Crippen LogP contribution in [0, 0.1) is 12.3 Å². The first-order valence-electron chi connectivity index (χ1n) is 6.79. The fraction of sp³-hybridized carbons (Fsp3) is 0.500. The lowest BCUT2D eigenvalue weighted by atomic mass is 10.1. The molecule has 1 aliphatic carbocycles. The first-order chi connectivity index (χ1) is 8.83. The maximum absolute atomic E-state index is 5.40. The van der Waals surface area contributed by atoms with Crippen molar-refractivity contribution in [3.63, 3.8) is 0 Å². The summed E-state index contributed by atoms with van der Waals surface area (Å²) in [5.74, 6) is 2.73. The molecule has 2 nitrogen and oxygen atoms in total. The summed E-state index contributed by atoms with van der Waals surface area (Å²) in [6, 6.07) is 9.41. The van der Waals surface area contributed by atoms with Gasteiger partial charge in [0, 0.05) is 19.1 Å². The zero-order chi connectivity index (χ0) is 12.8. The average molecular weight is 242 g/mol. The Kier molecular flexibility index (Phi) is 4.81. The van der Waals surface area contributed by atoms with Crippen molar-refractivity contribution in [3.8, 4) is 12.3 Å². The van der Waals surface area contributed by atoms with E-state index in [4.69, 9.17) is 6.42 Å². The van der Waals surface area contributed by atoms with E-state index in [2.05, 4.69) is 47.3 Å². The Morgan fingerprint density at radius 3 is 2.67 bits per heavy atom. The highest BCUT2D eigenvalue weighted by molar-refractivity contribution is 5.27. The van der Waals surface area contributed by atoms with E-state index in [0.717, 1.165) is 32.2 Å². The molecule has 2 rings (SSSR count). The Labute approximate surface area is 110 Å². The largest absolute Gasteiger partial charge is 0.310 e. The third-order valence-corrected chi connectivity index (χ3v) is 3.43. The first-order valence-corrected chi connectivity index (χ1v) is 6.79. The summed E-state index contributed by atoms with van der Waals surface area (Å²) in [6.45, 7) is 5.80. The van der Waals surface area contributed by atoms with Crippen molar-refractivity contribution in [2.45, 2.75) is 38.9 Å². The lowest BCUT2D eigenvalue weighted by molar-refractivity contribution is 0.315. The molecule has 0 atom stereocenters. The summed E-state index contributed by atoms with van der Waals surface area (Å²) >= 11 is 0. The Morgan fingerprint density at radius 1 is 1.33 bits per heavy atom. The van der Waals surface area contributed by atoms with E-state index in [9.17, 15) is 0 Å². The van der Waals surface area contributed by atoms with Gasteiger partial charge in [0.2, 0.25) is 0 Å². The van der Waals surface area contributed by atoms with E-state index in [-0.39, 0.29) is 0 Å². The average Bonchev–Trinajstić information content (AvgIpc) is 3.21. The van der Waals surface area contributed by atoms with Crippen LogP contribution in [-0.2, 0) is 13.1 Å². The minimum absolute atomic E-state index is 0.723. The van der Waals surface area contributed by atoms with Crippen LogP contribution >= 0.6 is 0 Å². The van der Waals surface area contributed by atoms with Gasteiger partial charge in [0.05, 0.1) is 6.54 Å². The Morgan fingerprint density at radius 2 is 2.06 bits per heavy atom.